The molecule has 0 saturated carbocycles. The second kappa shape index (κ2) is 10.3. The van der Waals surface area contributed by atoms with Crippen molar-refractivity contribution in [3.8, 4) is 0 Å². The van der Waals surface area contributed by atoms with Crippen LogP contribution in [0.4, 0.5) is 0 Å². The summed E-state index contributed by atoms with van der Waals surface area (Å²) in [6.45, 7) is 9.28. The maximum Gasteiger partial charge on any atom is 0.281 e. The molecule has 162 valence electrons. The summed E-state index contributed by atoms with van der Waals surface area (Å²) in [6.07, 6.45) is 4.25. The molecule has 1 unspecified atom stereocenters. The van der Waals surface area contributed by atoms with E-state index in [1.807, 2.05) is 0 Å². The Kier molecular flexibility index (Phi) is 8.11. The highest BCUT2D eigenvalue weighted by Gasteiger charge is 2.36. The molecule has 3 rings (SSSR count). The fourth-order valence-electron chi connectivity index (χ4n) is 4.23. The first-order chi connectivity index (χ1) is 13.5. The number of piperidine rings is 2. The van der Waals surface area contributed by atoms with Crippen LogP contribution in [-0.2, 0) is 19.7 Å². The zero-order chi connectivity index (χ0) is 20.0. The van der Waals surface area contributed by atoms with E-state index in [0.29, 0.717) is 38.6 Å². The van der Waals surface area contributed by atoms with Crippen LogP contribution in [0.2, 0.25) is 0 Å². The Balaban J connectivity index is 1.42. The van der Waals surface area contributed by atoms with Gasteiger partial charge in [0.2, 0.25) is 5.91 Å². The molecule has 0 radical (unpaired) electrons. The fourth-order valence-corrected chi connectivity index (χ4v) is 5.96. The smallest absolute Gasteiger partial charge is 0.281 e. The fraction of sp³-hybridized carbons (Fsp3) is 0.947. The number of amides is 1. The molecule has 8 nitrogen and oxygen atoms in total. The summed E-state index contributed by atoms with van der Waals surface area (Å²) in [5.41, 5.74) is 0. The van der Waals surface area contributed by atoms with E-state index < -0.39 is 10.2 Å². The standard InChI is InChI=1S/C19H36N4O4S/c1-17-5-10-22(11-6-17)28(25,26)23-9-2-4-18(16-23)19(24)20-7-3-8-21-12-14-27-15-13-21/h17-18H,2-16H2,1H3,(H,20,24). The van der Waals surface area contributed by atoms with Crippen molar-refractivity contribution >= 4 is 16.1 Å². The molecular weight excluding hydrogens is 380 g/mol. The third-order valence-corrected chi connectivity index (χ3v) is 8.21. The van der Waals surface area contributed by atoms with Crippen LogP contribution in [-0.4, -0.2) is 93.4 Å². The van der Waals surface area contributed by atoms with Gasteiger partial charge >= 0.3 is 0 Å². The maximum absolute atomic E-state index is 13.0. The Morgan fingerprint density at radius 3 is 2.46 bits per heavy atom. The van der Waals surface area contributed by atoms with Gasteiger partial charge < -0.3 is 10.1 Å². The van der Waals surface area contributed by atoms with E-state index in [4.69, 9.17) is 4.74 Å². The SMILES string of the molecule is CC1CCN(S(=O)(=O)N2CCCC(C(=O)NCCCN3CCOCC3)C2)CC1. The molecular formula is C19H36N4O4S. The monoisotopic (exact) mass is 416 g/mol. The normalized spacial score (nSPS) is 27.0. The van der Waals surface area contributed by atoms with E-state index in [2.05, 4.69) is 17.1 Å². The van der Waals surface area contributed by atoms with Gasteiger partial charge in [-0.1, -0.05) is 6.92 Å². The predicted molar refractivity (Wildman–Crippen MR) is 108 cm³/mol. The van der Waals surface area contributed by atoms with E-state index >= 15 is 0 Å². The number of rotatable bonds is 7. The van der Waals surface area contributed by atoms with Gasteiger partial charge in [0.1, 0.15) is 0 Å². The van der Waals surface area contributed by atoms with Crippen molar-refractivity contribution in [3.05, 3.63) is 0 Å². The van der Waals surface area contributed by atoms with Gasteiger partial charge in [-0.3, -0.25) is 9.69 Å². The topological polar surface area (TPSA) is 82.2 Å². The van der Waals surface area contributed by atoms with Crippen molar-refractivity contribution in [2.75, 3.05) is 65.6 Å². The number of hydrogen-bond donors (Lipinski definition) is 1. The molecule has 0 spiro atoms. The predicted octanol–water partition coefficient (Wildman–Crippen LogP) is 0.514. The molecule has 0 aromatic heterocycles. The van der Waals surface area contributed by atoms with Crippen molar-refractivity contribution in [3.63, 3.8) is 0 Å². The first-order valence-corrected chi connectivity index (χ1v) is 12.2. The van der Waals surface area contributed by atoms with Crippen molar-refractivity contribution in [1.82, 2.24) is 18.8 Å². The summed E-state index contributed by atoms with van der Waals surface area (Å²) in [6, 6.07) is 0. The Hall–Kier alpha value is -0.740. The second-order valence-electron chi connectivity index (χ2n) is 8.39. The van der Waals surface area contributed by atoms with E-state index in [9.17, 15) is 13.2 Å². The van der Waals surface area contributed by atoms with Gasteiger partial charge in [-0.15, -0.1) is 0 Å². The quantitative estimate of drug-likeness (QED) is 0.612. The minimum absolute atomic E-state index is 0.00542. The van der Waals surface area contributed by atoms with Crippen LogP contribution >= 0.6 is 0 Å². The zero-order valence-corrected chi connectivity index (χ0v) is 18.0. The van der Waals surface area contributed by atoms with Crippen LogP contribution in [0.3, 0.4) is 0 Å². The van der Waals surface area contributed by atoms with Crippen molar-refractivity contribution in [2.24, 2.45) is 11.8 Å². The van der Waals surface area contributed by atoms with Gasteiger partial charge in [-0.2, -0.15) is 17.0 Å². The number of morpholine rings is 1. The number of nitrogens with zero attached hydrogens (tertiary/aromatic N) is 3. The van der Waals surface area contributed by atoms with Gasteiger partial charge in [0.05, 0.1) is 19.1 Å². The molecule has 3 fully saturated rings. The lowest BCUT2D eigenvalue weighted by atomic mass is 9.99. The van der Waals surface area contributed by atoms with E-state index in [0.717, 1.165) is 65.0 Å². The lowest BCUT2D eigenvalue weighted by molar-refractivity contribution is -0.126. The molecule has 0 bridgehead atoms. The average Bonchev–Trinajstić information content (AvgIpc) is 2.72. The molecule has 0 aliphatic carbocycles. The lowest BCUT2D eigenvalue weighted by Crippen LogP contribution is -2.52. The molecule has 3 aliphatic heterocycles. The summed E-state index contributed by atoms with van der Waals surface area (Å²) in [5.74, 6) is 0.341. The van der Waals surface area contributed by atoms with Crippen LogP contribution < -0.4 is 5.32 Å². The van der Waals surface area contributed by atoms with E-state index in [1.54, 1.807) is 4.31 Å². The number of nitrogens with one attached hydrogen (secondary N) is 1. The summed E-state index contributed by atoms with van der Waals surface area (Å²) < 4.78 is 34.4. The molecule has 1 amide bonds. The largest absolute Gasteiger partial charge is 0.379 e. The van der Waals surface area contributed by atoms with Gasteiger partial charge in [-0.25, -0.2) is 0 Å². The van der Waals surface area contributed by atoms with Crippen molar-refractivity contribution in [1.29, 1.82) is 0 Å². The Morgan fingerprint density at radius 1 is 1.04 bits per heavy atom. The van der Waals surface area contributed by atoms with Gasteiger partial charge in [0, 0.05) is 45.8 Å². The Labute approximate surface area is 169 Å². The molecule has 1 atom stereocenters. The first kappa shape index (κ1) is 22.0. The number of ether oxygens (including phenoxy) is 1. The third kappa shape index (κ3) is 5.89. The molecule has 3 aliphatic rings. The van der Waals surface area contributed by atoms with E-state index in [1.165, 1.54) is 4.31 Å². The highest BCUT2D eigenvalue weighted by atomic mass is 32.2. The van der Waals surface area contributed by atoms with Crippen LogP contribution in [0.1, 0.15) is 39.0 Å². The maximum atomic E-state index is 13.0. The third-order valence-electron chi connectivity index (χ3n) is 6.20. The number of carbonyl (C=O) groups excluding carboxylic acids is 1. The summed E-state index contributed by atoms with van der Waals surface area (Å²) in [4.78, 5) is 14.9. The molecule has 3 heterocycles. The van der Waals surface area contributed by atoms with E-state index in [-0.39, 0.29) is 11.8 Å². The van der Waals surface area contributed by atoms with Crippen molar-refractivity contribution in [2.45, 2.75) is 39.0 Å². The van der Waals surface area contributed by atoms with Crippen molar-refractivity contribution < 1.29 is 17.9 Å². The van der Waals surface area contributed by atoms with Crippen LogP contribution in [0.5, 0.6) is 0 Å². The highest BCUT2D eigenvalue weighted by molar-refractivity contribution is 7.86. The lowest BCUT2D eigenvalue weighted by Gasteiger charge is -2.37. The minimum atomic E-state index is -3.45. The number of carbonyl (C=O) groups is 1. The average molecular weight is 417 g/mol. The van der Waals surface area contributed by atoms with Gasteiger partial charge in [-0.05, 0) is 44.6 Å². The van der Waals surface area contributed by atoms with Crippen LogP contribution in [0, 0.1) is 11.8 Å². The van der Waals surface area contributed by atoms with Gasteiger partial charge in [0.15, 0.2) is 0 Å². The molecule has 0 aromatic carbocycles. The molecule has 1 N–H and O–H groups in total. The molecule has 9 heteroatoms. The van der Waals surface area contributed by atoms with Crippen LogP contribution in [0.15, 0.2) is 0 Å². The summed E-state index contributed by atoms with van der Waals surface area (Å²) in [7, 11) is -3.45. The second-order valence-corrected chi connectivity index (χ2v) is 10.3. The molecule has 3 saturated heterocycles. The molecule has 28 heavy (non-hydrogen) atoms. The first-order valence-electron chi connectivity index (χ1n) is 10.8. The highest BCUT2D eigenvalue weighted by Crippen LogP contribution is 2.25. The van der Waals surface area contributed by atoms with Crippen LogP contribution in [0.25, 0.3) is 0 Å². The van der Waals surface area contributed by atoms with Gasteiger partial charge in [0.25, 0.3) is 10.2 Å². The summed E-state index contributed by atoms with van der Waals surface area (Å²) in [5, 5.41) is 3.02. The Bertz CT molecular complexity index is 601. The summed E-state index contributed by atoms with van der Waals surface area (Å²) >= 11 is 0. The Morgan fingerprint density at radius 2 is 1.75 bits per heavy atom. The molecule has 0 aromatic rings. The zero-order valence-electron chi connectivity index (χ0n) is 17.1. The number of hydrogen-bond acceptors (Lipinski definition) is 5. The minimum Gasteiger partial charge on any atom is -0.379 e.